The fourth-order valence-corrected chi connectivity index (χ4v) is 3.49. The largest absolute Gasteiger partial charge is 0.355 e. The van der Waals surface area contributed by atoms with Crippen LogP contribution in [0.15, 0.2) is 18.2 Å². The lowest BCUT2D eigenvalue weighted by atomic mass is 10.0. The van der Waals surface area contributed by atoms with Gasteiger partial charge < -0.3 is 4.90 Å². The van der Waals surface area contributed by atoms with Gasteiger partial charge in [-0.25, -0.2) is 4.98 Å². The molecule has 0 bridgehead atoms. The fraction of sp³-hybridized carbons (Fsp3) is 0.688. The second-order valence-corrected chi connectivity index (χ2v) is 6.01. The summed E-state index contributed by atoms with van der Waals surface area (Å²) in [5, 5.41) is 0. The number of halogens is 1. The summed E-state index contributed by atoms with van der Waals surface area (Å²) in [5.41, 5.74) is 0. The molecule has 110 valence electrons. The van der Waals surface area contributed by atoms with Crippen LogP contribution in [0.3, 0.4) is 0 Å². The van der Waals surface area contributed by atoms with E-state index in [0.29, 0.717) is 6.04 Å². The van der Waals surface area contributed by atoms with Gasteiger partial charge in [0.25, 0.3) is 0 Å². The van der Waals surface area contributed by atoms with E-state index in [0.717, 1.165) is 18.9 Å². The highest BCUT2D eigenvalue weighted by molar-refractivity contribution is 5.38. The Hall–Kier alpha value is -1.16. The van der Waals surface area contributed by atoms with Crippen LogP contribution in [-0.4, -0.2) is 42.1 Å². The molecule has 3 rings (SSSR count). The van der Waals surface area contributed by atoms with Crippen LogP contribution in [0.5, 0.6) is 0 Å². The summed E-state index contributed by atoms with van der Waals surface area (Å²) in [4.78, 5) is 8.94. The molecule has 0 saturated carbocycles. The summed E-state index contributed by atoms with van der Waals surface area (Å²) < 4.78 is 13.3. The van der Waals surface area contributed by atoms with Gasteiger partial charge in [-0.2, -0.15) is 4.39 Å². The number of hydrogen-bond donors (Lipinski definition) is 0. The predicted molar refractivity (Wildman–Crippen MR) is 79.5 cm³/mol. The molecule has 3 heterocycles. The van der Waals surface area contributed by atoms with Gasteiger partial charge in [-0.05, 0) is 50.9 Å². The maximum atomic E-state index is 13.3. The minimum Gasteiger partial charge on any atom is -0.355 e. The zero-order chi connectivity index (χ0) is 13.8. The highest BCUT2D eigenvalue weighted by Gasteiger charge is 2.26. The molecule has 1 unspecified atom stereocenters. The number of likely N-dealkylation sites (tertiary alicyclic amines) is 1. The van der Waals surface area contributed by atoms with E-state index < -0.39 is 0 Å². The van der Waals surface area contributed by atoms with Crippen LogP contribution >= 0.6 is 0 Å². The Balaban J connectivity index is 1.66. The number of rotatable bonds is 2. The van der Waals surface area contributed by atoms with Crippen molar-refractivity contribution in [2.75, 3.05) is 31.1 Å². The molecule has 4 heteroatoms. The number of pyridine rings is 1. The molecule has 1 aromatic rings. The topological polar surface area (TPSA) is 19.4 Å². The average Bonchev–Trinajstić information content (AvgIpc) is 2.76. The van der Waals surface area contributed by atoms with Crippen molar-refractivity contribution in [1.29, 1.82) is 0 Å². The molecule has 0 amide bonds. The standard InChI is InChI=1S/C16H24FN3/c17-15-8-5-9-16(18-15)20-12-6-7-14(13-20)19-10-3-1-2-4-11-19/h5,8-9,14H,1-4,6-7,10-13H2. The minimum absolute atomic E-state index is 0.376. The third-order valence-electron chi connectivity index (χ3n) is 4.58. The predicted octanol–water partition coefficient (Wildman–Crippen LogP) is 3.07. The van der Waals surface area contributed by atoms with E-state index in [4.69, 9.17) is 0 Å². The number of anilines is 1. The van der Waals surface area contributed by atoms with Crippen molar-refractivity contribution in [3.8, 4) is 0 Å². The van der Waals surface area contributed by atoms with Crippen LogP contribution in [0, 0.1) is 5.95 Å². The molecule has 20 heavy (non-hydrogen) atoms. The van der Waals surface area contributed by atoms with Gasteiger partial charge in [-0.3, -0.25) is 4.90 Å². The van der Waals surface area contributed by atoms with Gasteiger partial charge in [-0.15, -0.1) is 0 Å². The minimum atomic E-state index is -0.376. The van der Waals surface area contributed by atoms with Crippen molar-refractivity contribution in [3.63, 3.8) is 0 Å². The second kappa shape index (κ2) is 6.53. The van der Waals surface area contributed by atoms with Crippen LogP contribution in [0.1, 0.15) is 38.5 Å². The van der Waals surface area contributed by atoms with Gasteiger partial charge in [0.2, 0.25) is 5.95 Å². The van der Waals surface area contributed by atoms with Crippen molar-refractivity contribution in [2.45, 2.75) is 44.6 Å². The number of piperidine rings is 1. The summed E-state index contributed by atoms with van der Waals surface area (Å²) in [6.45, 7) is 4.46. The summed E-state index contributed by atoms with van der Waals surface area (Å²) in [6, 6.07) is 5.72. The maximum absolute atomic E-state index is 13.3. The van der Waals surface area contributed by atoms with Crippen molar-refractivity contribution >= 4 is 5.82 Å². The average molecular weight is 277 g/mol. The second-order valence-electron chi connectivity index (χ2n) is 6.01. The Labute approximate surface area is 120 Å². The molecule has 0 aromatic carbocycles. The Morgan fingerprint density at radius 3 is 2.55 bits per heavy atom. The van der Waals surface area contributed by atoms with Crippen molar-refractivity contribution < 1.29 is 4.39 Å². The first-order valence-corrected chi connectivity index (χ1v) is 7.94. The van der Waals surface area contributed by atoms with Gasteiger partial charge >= 0.3 is 0 Å². The third kappa shape index (κ3) is 3.29. The molecule has 0 N–H and O–H groups in total. The molecule has 2 aliphatic heterocycles. The Kier molecular flexibility index (Phi) is 4.51. The third-order valence-corrected chi connectivity index (χ3v) is 4.58. The van der Waals surface area contributed by atoms with Gasteiger partial charge in [-0.1, -0.05) is 18.9 Å². The van der Waals surface area contributed by atoms with Crippen LogP contribution in [0.25, 0.3) is 0 Å². The van der Waals surface area contributed by atoms with Crippen LogP contribution in [0.4, 0.5) is 10.2 Å². The number of hydrogen-bond acceptors (Lipinski definition) is 3. The maximum Gasteiger partial charge on any atom is 0.214 e. The lowest BCUT2D eigenvalue weighted by Gasteiger charge is -2.39. The van der Waals surface area contributed by atoms with Crippen molar-refractivity contribution in [3.05, 3.63) is 24.1 Å². The van der Waals surface area contributed by atoms with E-state index in [-0.39, 0.29) is 5.95 Å². The summed E-state index contributed by atoms with van der Waals surface area (Å²) in [7, 11) is 0. The smallest absolute Gasteiger partial charge is 0.214 e. The molecular formula is C16H24FN3. The summed E-state index contributed by atoms with van der Waals surface area (Å²) >= 11 is 0. The quantitative estimate of drug-likeness (QED) is 0.775. The summed E-state index contributed by atoms with van der Waals surface area (Å²) in [6.07, 6.45) is 7.85. The first kappa shape index (κ1) is 13.8. The van der Waals surface area contributed by atoms with Crippen molar-refractivity contribution in [2.24, 2.45) is 0 Å². The van der Waals surface area contributed by atoms with E-state index in [1.54, 1.807) is 6.07 Å². The number of nitrogens with zero attached hydrogens (tertiary/aromatic N) is 3. The number of aromatic nitrogens is 1. The van der Waals surface area contributed by atoms with Crippen molar-refractivity contribution in [1.82, 2.24) is 9.88 Å². The molecule has 1 atom stereocenters. The highest BCUT2D eigenvalue weighted by atomic mass is 19.1. The monoisotopic (exact) mass is 277 g/mol. The lowest BCUT2D eigenvalue weighted by Crippen LogP contribution is -2.48. The summed E-state index contributed by atoms with van der Waals surface area (Å²) in [5.74, 6) is 0.420. The molecule has 0 spiro atoms. The molecule has 3 nitrogen and oxygen atoms in total. The zero-order valence-electron chi connectivity index (χ0n) is 12.1. The first-order chi connectivity index (χ1) is 9.83. The van der Waals surface area contributed by atoms with Crippen LogP contribution < -0.4 is 4.90 Å². The molecule has 2 fully saturated rings. The van der Waals surface area contributed by atoms with Crippen LogP contribution in [-0.2, 0) is 0 Å². The van der Waals surface area contributed by atoms with Gasteiger partial charge in [0.15, 0.2) is 0 Å². The molecule has 2 saturated heterocycles. The van der Waals surface area contributed by atoms with E-state index in [2.05, 4.69) is 14.8 Å². The molecular weight excluding hydrogens is 253 g/mol. The Morgan fingerprint density at radius 1 is 1.00 bits per heavy atom. The highest BCUT2D eigenvalue weighted by Crippen LogP contribution is 2.23. The SMILES string of the molecule is Fc1cccc(N2CCCC(N3CCCCCC3)C2)n1. The molecule has 1 aromatic heterocycles. The van der Waals surface area contributed by atoms with E-state index in [9.17, 15) is 4.39 Å². The van der Waals surface area contributed by atoms with Gasteiger partial charge in [0, 0.05) is 19.1 Å². The molecule has 0 aliphatic carbocycles. The van der Waals surface area contributed by atoms with E-state index in [1.807, 2.05) is 6.07 Å². The fourth-order valence-electron chi connectivity index (χ4n) is 3.49. The van der Waals surface area contributed by atoms with E-state index >= 15 is 0 Å². The normalized spacial score (nSPS) is 25.4. The van der Waals surface area contributed by atoms with E-state index in [1.165, 1.54) is 57.7 Å². The Morgan fingerprint density at radius 2 is 1.80 bits per heavy atom. The Bertz CT molecular complexity index is 429. The lowest BCUT2D eigenvalue weighted by molar-refractivity contribution is 0.181. The van der Waals surface area contributed by atoms with Gasteiger partial charge in [0.05, 0.1) is 0 Å². The first-order valence-electron chi connectivity index (χ1n) is 7.94. The molecule has 2 aliphatic rings. The van der Waals surface area contributed by atoms with Crippen LogP contribution in [0.2, 0.25) is 0 Å². The van der Waals surface area contributed by atoms with Gasteiger partial charge in [0.1, 0.15) is 5.82 Å². The molecule has 0 radical (unpaired) electrons. The zero-order valence-corrected chi connectivity index (χ0v) is 12.1.